The quantitative estimate of drug-likeness (QED) is 0.662. The van der Waals surface area contributed by atoms with Gasteiger partial charge in [-0.3, -0.25) is 25.0 Å². The Balaban J connectivity index is 2.75. The zero-order valence-electron chi connectivity index (χ0n) is 10.9. The van der Waals surface area contributed by atoms with Crippen LogP contribution >= 0.6 is 11.3 Å². The fourth-order valence-electron chi connectivity index (χ4n) is 1.69. The predicted molar refractivity (Wildman–Crippen MR) is 78.0 cm³/mol. The van der Waals surface area contributed by atoms with E-state index in [9.17, 15) is 25.0 Å². The number of nitro benzene ring substituents is 2. The van der Waals surface area contributed by atoms with Gasteiger partial charge in [0, 0.05) is 12.6 Å². The number of hydrogen-bond donors (Lipinski definition) is 1. The summed E-state index contributed by atoms with van der Waals surface area (Å²) in [4.78, 5) is 36.0. The molecule has 0 aliphatic carbocycles. The minimum Gasteiger partial charge on any atom is -0.361 e. The van der Waals surface area contributed by atoms with Crippen LogP contribution in [0.3, 0.4) is 0 Å². The molecular formula is C11H10N4O5S. The normalized spacial score (nSPS) is 10.5. The van der Waals surface area contributed by atoms with E-state index < -0.39 is 26.8 Å². The van der Waals surface area contributed by atoms with E-state index in [-0.39, 0.29) is 15.2 Å². The average molecular weight is 310 g/mol. The molecule has 21 heavy (non-hydrogen) atoms. The number of fused-ring (bicyclic) bond motifs is 1. The number of nitrogens with one attached hydrogen (secondary N) is 1. The lowest BCUT2D eigenvalue weighted by molar-refractivity contribution is -0.392. The third-order valence-corrected chi connectivity index (χ3v) is 3.68. The van der Waals surface area contributed by atoms with Gasteiger partial charge in [-0.05, 0) is 6.42 Å². The lowest BCUT2D eigenvalue weighted by atomic mass is 10.2. The zero-order valence-corrected chi connectivity index (χ0v) is 11.7. The number of hydrogen-bond acceptors (Lipinski definition) is 8. The summed E-state index contributed by atoms with van der Waals surface area (Å²) in [6.07, 6.45) is 0.795. The summed E-state index contributed by atoms with van der Waals surface area (Å²) in [5.74, 6) is 0. The monoisotopic (exact) mass is 310 g/mol. The van der Waals surface area contributed by atoms with Gasteiger partial charge >= 0.3 is 0 Å². The predicted octanol–water partition coefficient (Wildman–Crippen LogP) is 2.29. The summed E-state index contributed by atoms with van der Waals surface area (Å²) in [6, 6.07) is 1.86. The van der Waals surface area contributed by atoms with Gasteiger partial charge in [-0.25, -0.2) is 0 Å². The number of rotatable bonds is 5. The van der Waals surface area contributed by atoms with Crippen molar-refractivity contribution in [1.29, 1.82) is 0 Å². The van der Waals surface area contributed by atoms with Crippen LogP contribution in [0.15, 0.2) is 16.9 Å². The van der Waals surface area contributed by atoms with E-state index in [2.05, 4.69) is 10.3 Å². The fraction of sp³-hybridized carbons (Fsp3) is 0.273. The maximum atomic E-state index is 11.9. The molecule has 1 aromatic heterocycles. The second kappa shape index (κ2) is 5.79. The van der Waals surface area contributed by atoms with Crippen LogP contribution in [0.5, 0.6) is 0 Å². The van der Waals surface area contributed by atoms with Crippen molar-refractivity contribution in [2.45, 2.75) is 13.3 Å². The first-order valence-electron chi connectivity index (χ1n) is 5.95. The molecule has 0 atom stereocenters. The maximum Gasteiger partial charge on any atom is 0.294 e. The SMILES string of the molecule is CCCNc1nc(=O)c2cc([N+](=O)[O-])cc([N+](=O)[O-])c2s1. The van der Waals surface area contributed by atoms with Crippen LogP contribution in [0, 0.1) is 20.2 Å². The lowest BCUT2D eigenvalue weighted by Gasteiger charge is -2.04. The molecule has 0 aliphatic heterocycles. The van der Waals surface area contributed by atoms with E-state index in [4.69, 9.17) is 0 Å². The van der Waals surface area contributed by atoms with Crippen molar-refractivity contribution in [2.75, 3.05) is 11.9 Å². The first-order valence-corrected chi connectivity index (χ1v) is 6.77. The molecule has 0 amide bonds. The van der Waals surface area contributed by atoms with Crippen LogP contribution in [-0.4, -0.2) is 21.4 Å². The highest BCUT2D eigenvalue weighted by Crippen LogP contribution is 2.33. The molecule has 0 saturated heterocycles. The first kappa shape index (κ1) is 14.8. The highest BCUT2D eigenvalue weighted by atomic mass is 32.1. The Bertz CT molecular complexity index is 788. The molecule has 9 nitrogen and oxygen atoms in total. The van der Waals surface area contributed by atoms with Gasteiger partial charge in [-0.2, -0.15) is 4.98 Å². The minimum absolute atomic E-state index is 0.0733. The number of benzene rings is 1. The van der Waals surface area contributed by atoms with Gasteiger partial charge in [0.25, 0.3) is 16.9 Å². The first-order chi connectivity index (χ1) is 9.93. The molecule has 1 N–H and O–H groups in total. The second-order valence-electron chi connectivity index (χ2n) is 4.11. The summed E-state index contributed by atoms with van der Waals surface area (Å²) in [5.41, 5.74) is -1.70. The number of aromatic nitrogens is 1. The Hall–Kier alpha value is -2.62. The van der Waals surface area contributed by atoms with Gasteiger partial charge < -0.3 is 5.32 Å². The van der Waals surface area contributed by atoms with E-state index in [0.29, 0.717) is 6.54 Å². The van der Waals surface area contributed by atoms with E-state index >= 15 is 0 Å². The van der Waals surface area contributed by atoms with Crippen LogP contribution in [0.1, 0.15) is 13.3 Å². The highest BCUT2D eigenvalue weighted by molar-refractivity contribution is 7.22. The Morgan fingerprint density at radius 2 is 2.00 bits per heavy atom. The van der Waals surface area contributed by atoms with Gasteiger partial charge in [0.2, 0.25) is 0 Å². The topological polar surface area (TPSA) is 128 Å². The van der Waals surface area contributed by atoms with Gasteiger partial charge in [0.05, 0.1) is 21.3 Å². The van der Waals surface area contributed by atoms with Crippen LogP contribution in [0.2, 0.25) is 0 Å². The van der Waals surface area contributed by atoms with Gasteiger partial charge in [0.15, 0.2) is 5.13 Å². The summed E-state index contributed by atoms with van der Waals surface area (Å²) in [5, 5.41) is 24.9. The molecule has 0 unspecified atom stereocenters. The molecule has 0 fully saturated rings. The Kier molecular flexibility index (Phi) is 4.08. The third kappa shape index (κ3) is 2.94. The summed E-state index contributed by atoms with van der Waals surface area (Å²) in [6.45, 7) is 2.48. The standard InChI is InChI=1S/C11H10N4O5S/c1-2-3-12-11-13-10(16)7-4-6(14(17)18)5-8(15(19)20)9(7)21-11/h4-5H,2-3H2,1H3,(H,12,13,16). The molecule has 0 radical (unpaired) electrons. The molecule has 10 heteroatoms. The molecule has 2 rings (SSSR count). The molecule has 2 aromatic rings. The molecule has 1 heterocycles. The van der Waals surface area contributed by atoms with E-state index in [1.807, 2.05) is 6.92 Å². The Morgan fingerprint density at radius 3 is 2.57 bits per heavy atom. The van der Waals surface area contributed by atoms with Gasteiger partial charge in [0.1, 0.15) is 4.70 Å². The zero-order chi connectivity index (χ0) is 15.6. The number of anilines is 1. The van der Waals surface area contributed by atoms with Crippen molar-refractivity contribution in [2.24, 2.45) is 0 Å². The van der Waals surface area contributed by atoms with E-state index in [0.717, 1.165) is 29.9 Å². The number of nitrogens with zero attached hydrogens (tertiary/aromatic N) is 3. The van der Waals surface area contributed by atoms with Crippen LogP contribution in [0.25, 0.3) is 10.1 Å². The van der Waals surface area contributed by atoms with Gasteiger partial charge in [-0.1, -0.05) is 18.3 Å². The lowest BCUT2D eigenvalue weighted by Crippen LogP contribution is -2.11. The van der Waals surface area contributed by atoms with Crippen molar-refractivity contribution in [3.63, 3.8) is 0 Å². The largest absolute Gasteiger partial charge is 0.361 e. The number of nitro groups is 2. The second-order valence-corrected chi connectivity index (χ2v) is 5.11. The van der Waals surface area contributed by atoms with Crippen LogP contribution in [0.4, 0.5) is 16.5 Å². The van der Waals surface area contributed by atoms with E-state index in [1.165, 1.54) is 0 Å². The average Bonchev–Trinajstić information content (AvgIpc) is 2.43. The van der Waals surface area contributed by atoms with Crippen molar-refractivity contribution >= 4 is 37.9 Å². The minimum atomic E-state index is -0.778. The fourth-order valence-corrected chi connectivity index (χ4v) is 2.68. The Labute approximate surface area is 121 Å². The summed E-state index contributed by atoms with van der Waals surface area (Å²) in [7, 11) is 0. The van der Waals surface area contributed by atoms with Gasteiger partial charge in [-0.15, -0.1) is 0 Å². The molecule has 0 bridgehead atoms. The van der Waals surface area contributed by atoms with E-state index in [1.54, 1.807) is 0 Å². The molecule has 0 aliphatic rings. The van der Waals surface area contributed by atoms with Crippen molar-refractivity contribution in [3.05, 3.63) is 42.7 Å². The highest BCUT2D eigenvalue weighted by Gasteiger charge is 2.22. The van der Waals surface area contributed by atoms with Crippen molar-refractivity contribution < 1.29 is 9.85 Å². The van der Waals surface area contributed by atoms with Crippen molar-refractivity contribution in [1.82, 2.24) is 4.98 Å². The molecule has 1 aromatic carbocycles. The summed E-state index contributed by atoms with van der Waals surface area (Å²) < 4.78 is 0.0733. The van der Waals surface area contributed by atoms with Crippen LogP contribution < -0.4 is 10.9 Å². The Morgan fingerprint density at radius 1 is 1.29 bits per heavy atom. The summed E-state index contributed by atoms with van der Waals surface area (Å²) >= 11 is 0.930. The molecule has 110 valence electrons. The van der Waals surface area contributed by atoms with Crippen LogP contribution in [-0.2, 0) is 0 Å². The smallest absolute Gasteiger partial charge is 0.294 e. The maximum absolute atomic E-state index is 11.9. The number of non-ortho nitro benzene ring substituents is 2. The third-order valence-electron chi connectivity index (χ3n) is 2.62. The molecule has 0 spiro atoms. The molecule has 0 saturated carbocycles. The van der Waals surface area contributed by atoms with Crippen molar-refractivity contribution in [3.8, 4) is 0 Å². The molecular weight excluding hydrogens is 300 g/mol.